The molecule has 27 heavy (non-hydrogen) atoms. The number of carbonyl (C=O) groups is 1. The van der Waals surface area contributed by atoms with Gasteiger partial charge in [0, 0.05) is 12.7 Å². The maximum absolute atomic E-state index is 13.6. The van der Waals surface area contributed by atoms with Crippen LogP contribution >= 0.6 is 11.6 Å². The number of halogens is 2. The molecule has 1 saturated heterocycles. The van der Waals surface area contributed by atoms with Gasteiger partial charge in [-0.1, -0.05) is 23.7 Å². The third-order valence-corrected chi connectivity index (χ3v) is 4.40. The highest BCUT2D eigenvalue weighted by Gasteiger charge is 2.17. The van der Waals surface area contributed by atoms with E-state index >= 15 is 0 Å². The summed E-state index contributed by atoms with van der Waals surface area (Å²) in [5.74, 6) is 0.155. The number of anilines is 1. The molecule has 1 atom stereocenters. The number of carbonyl (C=O) groups excluding carboxylic acids is 1. The summed E-state index contributed by atoms with van der Waals surface area (Å²) in [5, 5.41) is 3.15. The topological polar surface area (TPSA) is 56.8 Å². The van der Waals surface area contributed by atoms with Gasteiger partial charge in [0.15, 0.2) is 0 Å². The molecule has 3 rings (SSSR count). The van der Waals surface area contributed by atoms with Crippen LogP contribution in [-0.4, -0.2) is 31.8 Å². The Bertz CT molecular complexity index is 780. The minimum Gasteiger partial charge on any atom is -0.491 e. The molecule has 1 aliphatic rings. The van der Waals surface area contributed by atoms with Gasteiger partial charge in [0.1, 0.15) is 23.9 Å². The summed E-state index contributed by atoms with van der Waals surface area (Å²) in [4.78, 5) is 12.2. The maximum atomic E-state index is 13.6. The molecule has 144 valence electrons. The Kier molecular flexibility index (Phi) is 6.90. The standard InChI is InChI=1S/C20H21ClFNO4/c21-16-5-1-2-6-18(16)26-11-9-20(24)23-17-12-14(22)7-8-19(17)27-13-15-4-3-10-25-15/h1-2,5-8,12,15H,3-4,9-11,13H2,(H,23,24). The largest absolute Gasteiger partial charge is 0.491 e. The van der Waals surface area contributed by atoms with Crippen LogP contribution in [0.15, 0.2) is 42.5 Å². The van der Waals surface area contributed by atoms with Crippen molar-refractivity contribution in [2.45, 2.75) is 25.4 Å². The van der Waals surface area contributed by atoms with Crippen LogP contribution in [0.2, 0.25) is 5.02 Å². The minimum absolute atomic E-state index is 0.0302. The molecule has 0 bridgehead atoms. The highest BCUT2D eigenvalue weighted by Crippen LogP contribution is 2.27. The van der Waals surface area contributed by atoms with Crippen LogP contribution < -0.4 is 14.8 Å². The normalized spacial score (nSPS) is 16.1. The summed E-state index contributed by atoms with van der Waals surface area (Å²) in [6.45, 7) is 1.24. The Morgan fingerprint density at radius 3 is 2.85 bits per heavy atom. The van der Waals surface area contributed by atoms with E-state index in [-0.39, 0.29) is 30.7 Å². The lowest BCUT2D eigenvalue weighted by Crippen LogP contribution is -2.19. The predicted molar refractivity (Wildman–Crippen MR) is 101 cm³/mol. The van der Waals surface area contributed by atoms with Crippen LogP contribution in [0.5, 0.6) is 11.5 Å². The van der Waals surface area contributed by atoms with Crippen molar-refractivity contribution in [1.82, 2.24) is 0 Å². The Morgan fingerprint density at radius 1 is 1.22 bits per heavy atom. The van der Waals surface area contributed by atoms with Crippen LogP contribution in [0.3, 0.4) is 0 Å². The van der Waals surface area contributed by atoms with E-state index in [4.69, 9.17) is 25.8 Å². The Balaban J connectivity index is 1.53. The monoisotopic (exact) mass is 393 g/mol. The molecule has 1 amide bonds. The zero-order valence-electron chi connectivity index (χ0n) is 14.8. The van der Waals surface area contributed by atoms with E-state index < -0.39 is 5.82 Å². The van der Waals surface area contributed by atoms with Crippen molar-refractivity contribution >= 4 is 23.2 Å². The molecule has 5 nitrogen and oxygen atoms in total. The molecule has 0 spiro atoms. The molecule has 1 heterocycles. The van der Waals surface area contributed by atoms with Gasteiger partial charge in [-0.15, -0.1) is 0 Å². The molecule has 0 radical (unpaired) electrons. The van der Waals surface area contributed by atoms with Crippen molar-refractivity contribution in [3.8, 4) is 11.5 Å². The molecule has 2 aromatic carbocycles. The van der Waals surface area contributed by atoms with Crippen LogP contribution in [0.4, 0.5) is 10.1 Å². The second-order valence-corrected chi connectivity index (χ2v) is 6.57. The lowest BCUT2D eigenvalue weighted by molar-refractivity contribution is -0.116. The zero-order chi connectivity index (χ0) is 19.1. The summed E-state index contributed by atoms with van der Waals surface area (Å²) in [6, 6.07) is 11.1. The van der Waals surface area contributed by atoms with Gasteiger partial charge >= 0.3 is 0 Å². The van der Waals surface area contributed by atoms with Gasteiger partial charge in [-0.05, 0) is 37.1 Å². The van der Waals surface area contributed by atoms with Crippen LogP contribution in [0.1, 0.15) is 19.3 Å². The third-order valence-electron chi connectivity index (χ3n) is 4.09. The number of benzene rings is 2. The lowest BCUT2D eigenvalue weighted by atomic mass is 10.2. The summed E-state index contributed by atoms with van der Waals surface area (Å²) in [7, 11) is 0. The van der Waals surface area contributed by atoms with Crippen molar-refractivity contribution in [3.63, 3.8) is 0 Å². The number of hydrogen-bond donors (Lipinski definition) is 1. The number of amides is 1. The number of para-hydroxylation sites is 1. The molecule has 1 unspecified atom stereocenters. The first-order valence-corrected chi connectivity index (χ1v) is 9.21. The highest BCUT2D eigenvalue weighted by molar-refractivity contribution is 6.32. The van der Waals surface area contributed by atoms with Gasteiger partial charge in [-0.3, -0.25) is 4.79 Å². The van der Waals surface area contributed by atoms with E-state index in [9.17, 15) is 9.18 Å². The van der Waals surface area contributed by atoms with E-state index in [1.165, 1.54) is 18.2 Å². The first-order valence-electron chi connectivity index (χ1n) is 8.83. The molecule has 0 aromatic heterocycles. The van der Waals surface area contributed by atoms with E-state index in [0.29, 0.717) is 23.1 Å². The zero-order valence-corrected chi connectivity index (χ0v) is 15.5. The molecular formula is C20H21ClFNO4. The highest BCUT2D eigenvalue weighted by atomic mass is 35.5. The maximum Gasteiger partial charge on any atom is 0.227 e. The molecule has 2 aromatic rings. The van der Waals surface area contributed by atoms with E-state index in [2.05, 4.69) is 5.32 Å². The molecule has 1 fully saturated rings. The second kappa shape index (κ2) is 9.58. The fourth-order valence-electron chi connectivity index (χ4n) is 2.71. The quantitative estimate of drug-likeness (QED) is 0.720. The van der Waals surface area contributed by atoms with Gasteiger partial charge in [-0.2, -0.15) is 0 Å². The van der Waals surface area contributed by atoms with Crippen molar-refractivity contribution < 1.29 is 23.4 Å². The van der Waals surface area contributed by atoms with Gasteiger partial charge in [0.2, 0.25) is 5.91 Å². The molecule has 7 heteroatoms. The van der Waals surface area contributed by atoms with Crippen molar-refractivity contribution in [3.05, 3.63) is 53.3 Å². The van der Waals surface area contributed by atoms with Gasteiger partial charge < -0.3 is 19.5 Å². The van der Waals surface area contributed by atoms with Crippen LogP contribution in [0, 0.1) is 5.82 Å². The van der Waals surface area contributed by atoms with Crippen molar-refractivity contribution in [1.29, 1.82) is 0 Å². The number of rotatable bonds is 8. The van der Waals surface area contributed by atoms with Gasteiger partial charge in [-0.25, -0.2) is 4.39 Å². The first kappa shape index (κ1) is 19.5. The fourth-order valence-corrected chi connectivity index (χ4v) is 2.90. The second-order valence-electron chi connectivity index (χ2n) is 6.16. The van der Waals surface area contributed by atoms with Crippen LogP contribution in [-0.2, 0) is 9.53 Å². The Hall–Kier alpha value is -2.31. The number of hydrogen-bond acceptors (Lipinski definition) is 4. The van der Waals surface area contributed by atoms with Gasteiger partial charge in [0.05, 0.1) is 29.8 Å². The summed E-state index contributed by atoms with van der Waals surface area (Å²) >= 11 is 6.00. The molecule has 0 aliphatic carbocycles. The third kappa shape index (κ3) is 5.84. The van der Waals surface area contributed by atoms with E-state index in [1.807, 2.05) is 0 Å². The minimum atomic E-state index is -0.456. The number of nitrogens with one attached hydrogen (secondary N) is 1. The molecule has 1 aliphatic heterocycles. The predicted octanol–water partition coefficient (Wildman–Crippen LogP) is 4.44. The molecule has 0 saturated carbocycles. The van der Waals surface area contributed by atoms with E-state index in [0.717, 1.165) is 19.4 Å². The van der Waals surface area contributed by atoms with E-state index in [1.54, 1.807) is 24.3 Å². The SMILES string of the molecule is O=C(CCOc1ccccc1Cl)Nc1cc(F)ccc1OCC1CCCO1. The summed E-state index contributed by atoms with van der Waals surface area (Å²) < 4.78 is 30.3. The Labute approximate surface area is 162 Å². The number of ether oxygens (including phenoxy) is 3. The summed E-state index contributed by atoms with van der Waals surface area (Å²) in [5.41, 5.74) is 0.288. The van der Waals surface area contributed by atoms with Crippen molar-refractivity contribution in [2.75, 3.05) is 25.1 Å². The fraction of sp³-hybridized carbons (Fsp3) is 0.350. The lowest BCUT2D eigenvalue weighted by Gasteiger charge is -2.15. The first-order chi connectivity index (χ1) is 13.1. The molecular weight excluding hydrogens is 373 g/mol. The van der Waals surface area contributed by atoms with Crippen LogP contribution in [0.25, 0.3) is 0 Å². The average molecular weight is 394 g/mol. The van der Waals surface area contributed by atoms with Crippen molar-refractivity contribution in [2.24, 2.45) is 0 Å². The smallest absolute Gasteiger partial charge is 0.227 e. The van der Waals surface area contributed by atoms with Gasteiger partial charge in [0.25, 0.3) is 0 Å². The Morgan fingerprint density at radius 2 is 2.07 bits per heavy atom. The average Bonchev–Trinajstić information content (AvgIpc) is 3.16. The summed E-state index contributed by atoms with van der Waals surface area (Å²) in [6.07, 6.45) is 2.06. The molecule has 1 N–H and O–H groups in total.